The third-order valence-corrected chi connectivity index (χ3v) is 3.24. The number of hydrogen-bond donors (Lipinski definition) is 1. The zero-order valence-electron chi connectivity index (χ0n) is 6.97. The average molecular weight is 155 g/mol. The standard InChI is InChI=1S/C9H14FN/c1-6-7-5-9(7,11-2)4-3-8(6)10/h3-4,6-8,11H,5H2,1-2H3/t6-,7+,8?,9+/m1/s1. The summed E-state index contributed by atoms with van der Waals surface area (Å²) in [5.74, 6) is 0.736. The fourth-order valence-electron chi connectivity index (χ4n) is 2.18. The van der Waals surface area contributed by atoms with Gasteiger partial charge in [-0.1, -0.05) is 19.1 Å². The molecule has 2 aliphatic carbocycles. The van der Waals surface area contributed by atoms with E-state index in [9.17, 15) is 4.39 Å². The number of allylic oxidation sites excluding steroid dienone is 1. The van der Waals surface area contributed by atoms with Crippen molar-refractivity contribution in [1.82, 2.24) is 5.32 Å². The van der Waals surface area contributed by atoms with Crippen LogP contribution in [-0.4, -0.2) is 18.8 Å². The average Bonchev–Trinajstić information content (AvgIpc) is 2.74. The van der Waals surface area contributed by atoms with Crippen LogP contribution in [0.4, 0.5) is 4.39 Å². The first kappa shape index (κ1) is 7.29. The Morgan fingerprint density at radius 2 is 2.36 bits per heavy atom. The van der Waals surface area contributed by atoms with Crippen molar-refractivity contribution in [2.75, 3.05) is 7.05 Å². The molecule has 0 amide bonds. The predicted octanol–water partition coefficient (Wildman–Crippen LogP) is 1.51. The minimum atomic E-state index is -0.719. The van der Waals surface area contributed by atoms with E-state index < -0.39 is 6.17 Å². The topological polar surface area (TPSA) is 12.0 Å². The zero-order valence-corrected chi connectivity index (χ0v) is 6.97. The molecule has 0 radical (unpaired) electrons. The van der Waals surface area contributed by atoms with Gasteiger partial charge < -0.3 is 5.32 Å². The summed E-state index contributed by atoms with van der Waals surface area (Å²) in [7, 11) is 1.95. The monoisotopic (exact) mass is 155 g/mol. The van der Waals surface area contributed by atoms with Crippen molar-refractivity contribution in [3.05, 3.63) is 12.2 Å². The number of rotatable bonds is 1. The third kappa shape index (κ3) is 0.853. The molecular formula is C9H14FN. The number of alkyl halides is 1. The number of likely N-dealkylation sites (N-methyl/N-ethyl adjacent to an activating group) is 1. The van der Waals surface area contributed by atoms with Gasteiger partial charge in [-0.2, -0.15) is 0 Å². The SMILES string of the molecule is CN[C@]12C=CC(F)[C@H](C)[C@@H]1C2. The lowest BCUT2D eigenvalue weighted by Gasteiger charge is -2.23. The Balaban J connectivity index is 2.20. The van der Waals surface area contributed by atoms with Gasteiger partial charge in [0.1, 0.15) is 6.17 Å². The van der Waals surface area contributed by atoms with Crippen LogP contribution in [0.5, 0.6) is 0 Å². The molecule has 0 aromatic heterocycles. The summed E-state index contributed by atoms with van der Waals surface area (Å²) >= 11 is 0. The maximum atomic E-state index is 13.0. The number of halogens is 1. The molecule has 62 valence electrons. The fourth-order valence-corrected chi connectivity index (χ4v) is 2.18. The van der Waals surface area contributed by atoms with Crippen LogP contribution in [0.1, 0.15) is 13.3 Å². The maximum absolute atomic E-state index is 13.0. The smallest absolute Gasteiger partial charge is 0.121 e. The van der Waals surface area contributed by atoms with Gasteiger partial charge in [-0.25, -0.2) is 4.39 Å². The molecule has 0 spiro atoms. The molecule has 0 aromatic rings. The van der Waals surface area contributed by atoms with E-state index in [1.807, 2.05) is 20.0 Å². The number of fused-ring (bicyclic) bond motifs is 1. The summed E-state index contributed by atoms with van der Waals surface area (Å²) in [6.07, 6.45) is 4.10. The number of hydrogen-bond acceptors (Lipinski definition) is 1. The molecule has 1 fully saturated rings. The Bertz CT molecular complexity index is 202. The molecule has 1 unspecified atom stereocenters. The van der Waals surface area contributed by atoms with Gasteiger partial charge in [0.05, 0.1) is 0 Å². The van der Waals surface area contributed by atoms with Crippen LogP contribution in [0.15, 0.2) is 12.2 Å². The van der Waals surface area contributed by atoms with Crippen LogP contribution >= 0.6 is 0 Å². The first-order chi connectivity index (χ1) is 5.19. The van der Waals surface area contributed by atoms with Crippen LogP contribution in [0.25, 0.3) is 0 Å². The molecule has 0 heterocycles. The maximum Gasteiger partial charge on any atom is 0.121 e. The van der Waals surface area contributed by atoms with E-state index in [1.165, 1.54) is 0 Å². The highest BCUT2D eigenvalue weighted by Gasteiger charge is 2.57. The summed E-state index contributed by atoms with van der Waals surface area (Å²) in [5, 5.41) is 3.25. The fraction of sp³-hybridized carbons (Fsp3) is 0.778. The van der Waals surface area contributed by atoms with Crippen LogP contribution in [0.2, 0.25) is 0 Å². The highest BCUT2D eigenvalue weighted by molar-refractivity contribution is 5.28. The van der Waals surface area contributed by atoms with Crippen molar-refractivity contribution in [2.24, 2.45) is 11.8 Å². The van der Waals surface area contributed by atoms with E-state index in [0.717, 1.165) is 6.42 Å². The van der Waals surface area contributed by atoms with Crippen LogP contribution in [-0.2, 0) is 0 Å². The summed E-state index contributed by atoms with van der Waals surface area (Å²) in [4.78, 5) is 0. The predicted molar refractivity (Wildman–Crippen MR) is 43.1 cm³/mol. The molecular weight excluding hydrogens is 141 g/mol. The highest BCUT2D eigenvalue weighted by Crippen LogP contribution is 2.53. The summed E-state index contributed by atoms with van der Waals surface area (Å²) in [6, 6.07) is 0. The molecule has 4 atom stereocenters. The lowest BCUT2D eigenvalue weighted by atomic mass is 9.91. The van der Waals surface area contributed by atoms with Crippen molar-refractivity contribution in [1.29, 1.82) is 0 Å². The van der Waals surface area contributed by atoms with E-state index in [1.54, 1.807) is 6.08 Å². The van der Waals surface area contributed by atoms with Crippen molar-refractivity contribution in [3.8, 4) is 0 Å². The van der Waals surface area contributed by atoms with Gasteiger partial charge in [-0.15, -0.1) is 0 Å². The minimum Gasteiger partial charge on any atom is -0.311 e. The van der Waals surface area contributed by atoms with Crippen molar-refractivity contribution >= 4 is 0 Å². The Morgan fingerprint density at radius 3 is 3.00 bits per heavy atom. The second kappa shape index (κ2) is 2.07. The molecule has 2 rings (SSSR count). The minimum absolute atomic E-state index is 0.169. The van der Waals surface area contributed by atoms with Crippen LogP contribution < -0.4 is 5.32 Å². The second-order valence-corrected chi connectivity index (χ2v) is 3.76. The second-order valence-electron chi connectivity index (χ2n) is 3.76. The van der Waals surface area contributed by atoms with Crippen molar-refractivity contribution in [2.45, 2.75) is 25.1 Å². The van der Waals surface area contributed by atoms with Gasteiger partial charge in [0.25, 0.3) is 0 Å². The Kier molecular flexibility index (Phi) is 1.37. The molecule has 1 nitrogen and oxygen atoms in total. The molecule has 1 saturated carbocycles. The lowest BCUT2D eigenvalue weighted by Crippen LogP contribution is -2.34. The van der Waals surface area contributed by atoms with Gasteiger partial charge in [0, 0.05) is 5.54 Å². The van der Waals surface area contributed by atoms with Gasteiger partial charge in [0.15, 0.2) is 0 Å². The van der Waals surface area contributed by atoms with Crippen LogP contribution in [0, 0.1) is 11.8 Å². The van der Waals surface area contributed by atoms with E-state index >= 15 is 0 Å². The molecule has 0 bridgehead atoms. The van der Waals surface area contributed by atoms with Crippen molar-refractivity contribution < 1.29 is 4.39 Å². The summed E-state index contributed by atoms with van der Waals surface area (Å²) in [6.45, 7) is 2.00. The molecule has 0 aromatic carbocycles. The molecule has 2 heteroatoms. The normalized spacial score (nSPS) is 53.9. The van der Waals surface area contributed by atoms with Gasteiger partial charge in [-0.3, -0.25) is 0 Å². The van der Waals surface area contributed by atoms with E-state index in [2.05, 4.69) is 5.32 Å². The van der Waals surface area contributed by atoms with Gasteiger partial charge in [0.2, 0.25) is 0 Å². The van der Waals surface area contributed by atoms with Gasteiger partial charge in [-0.05, 0) is 25.3 Å². The third-order valence-electron chi connectivity index (χ3n) is 3.24. The molecule has 0 saturated heterocycles. The lowest BCUT2D eigenvalue weighted by molar-refractivity contribution is 0.248. The summed E-state index contributed by atoms with van der Waals surface area (Å²) < 4.78 is 13.0. The molecule has 11 heavy (non-hydrogen) atoms. The Labute approximate surface area is 66.7 Å². The number of nitrogens with one attached hydrogen (secondary N) is 1. The molecule has 1 N–H and O–H groups in total. The van der Waals surface area contributed by atoms with E-state index in [4.69, 9.17) is 0 Å². The first-order valence-electron chi connectivity index (χ1n) is 4.22. The molecule has 2 aliphatic rings. The van der Waals surface area contributed by atoms with E-state index in [0.29, 0.717) is 5.92 Å². The van der Waals surface area contributed by atoms with Crippen LogP contribution in [0.3, 0.4) is 0 Å². The zero-order chi connectivity index (χ0) is 8.06. The first-order valence-corrected chi connectivity index (χ1v) is 4.22. The molecule has 0 aliphatic heterocycles. The quantitative estimate of drug-likeness (QED) is 0.566. The van der Waals surface area contributed by atoms with Gasteiger partial charge >= 0.3 is 0 Å². The Morgan fingerprint density at radius 1 is 1.64 bits per heavy atom. The summed E-state index contributed by atoms with van der Waals surface area (Å²) in [5.41, 5.74) is 0.169. The Hall–Kier alpha value is -0.370. The highest BCUT2D eigenvalue weighted by atomic mass is 19.1. The van der Waals surface area contributed by atoms with Crippen molar-refractivity contribution in [3.63, 3.8) is 0 Å². The van der Waals surface area contributed by atoms with E-state index in [-0.39, 0.29) is 11.5 Å². The largest absolute Gasteiger partial charge is 0.311 e.